The van der Waals surface area contributed by atoms with Gasteiger partial charge in [-0.1, -0.05) is 24.1 Å². The zero-order valence-electron chi connectivity index (χ0n) is 16.4. The number of piperidine rings is 1. The molecule has 28 heavy (non-hydrogen) atoms. The molecule has 2 aliphatic heterocycles. The number of carbonyl (C=O) groups is 1. The normalized spacial score (nSPS) is 18.2. The van der Waals surface area contributed by atoms with Crippen LogP contribution in [0.25, 0.3) is 11.1 Å². The number of carbonyl (C=O) groups excluding carboxylic acids is 1. The van der Waals surface area contributed by atoms with Crippen molar-refractivity contribution < 1.29 is 4.79 Å². The monoisotopic (exact) mass is 373 g/mol. The Hall–Kier alpha value is -2.77. The highest BCUT2D eigenvalue weighted by atomic mass is 16.1. The molecule has 144 valence electrons. The van der Waals surface area contributed by atoms with Gasteiger partial charge in [0.1, 0.15) is 0 Å². The summed E-state index contributed by atoms with van der Waals surface area (Å²) in [6.07, 6.45) is 3.40. The predicted molar refractivity (Wildman–Crippen MR) is 114 cm³/mol. The van der Waals surface area contributed by atoms with Crippen LogP contribution in [0.5, 0.6) is 0 Å². The molecular formula is C24H27N3O. The molecule has 4 heteroatoms. The van der Waals surface area contributed by atoms with E-state index in [1.165, 1.54) is 29.7 Å². The van der Waals surface area contributed by atoms with E-state index in [1.54, 1.807) is 0 Å². The Kier molecular flexibility index (Phi) is 5.64. The van der Waals surface area contributed by atoms with Crippen LogP contribution in [-0.4, -0.2) is 32.1 Å². The Morgan fingerprint density at radius 2 is 2.04 bits per heavy atom. The van der Waals surface area contributed by atoms with E-state index in [0.717, 1.165) is 43.7 Å². The Morgan fingerprint density at radius 1 is 1.21 bits per heavy atom. The van der Waals surface area contributed by atoms with Crippen LogP contribution in [0.2, 0.25) is 0 Å². The van der Waals surface area contributed by atoms with Crippen molar-refractivity contribution in [3.8, 4) is 23.1 Å². The highest BCUT2D eigenvalue weighted by Gasteiger charge is 2.18. The summed E-state index contributed by atoms with van der Waals surface area (Å²) >= 11 is 0. The lowest BCUT2D eigenvalue weighted by molar-refractivity contribution is 0.0945. The zero-order valence-corrected chi connectivity index (χ0v) is 16.4. The molecule has 1 saturated heterocycles. The lowest BCUT2D eigenvalue weighted by Crippen LogP contribution is -2.38. The first-order valence-corrected chi connectivity index (χ1v) is 10.2. The minimum atomic E-state index is 0.0138. The highest BCUT2D eigenvalue weighted by molar-refractivity contribution is 5.94. The van der Waals surface area contributed by atoms with E-state index in [4.69, 9.17) is 0 Å². The third-order valence-corrected chi connectivity index (χ3v) is 5.65. The Balaban J connectivity index is 1.41. The van der Waals surface area contributed by atoms with Crippen LogP contribution < -0.4 is 15.5 Å². The molecule has 0 aromatic heterocycles. The lowest BCUT2D eigenvalue weighted by Gasteiger charge is -2.22. The third kappa shape index (κ3) is 4.05. The number of benzene rings is 2. The molecule has 0 aliphatic carbocycles. The predicted octanol–water partition coefficient (Wildman–Crippen LogP) is 3.43. The number of nitrogens with one attached hydrogen (secondary N) is 2. The minimum absolute atomic E-state index is 0.0138. The fraction of sp³-hybridized carbons (Fsp3) is 0.375. The van der Waals surface area contributed by atoms with Gasteiger partial charge in [-0.05, 0) is 86.1 Å². The van der Waals surface area contributed by atoms with Gasteiger partial charge in [-0.2, -0.15) is 0 Å². The molecule has 2 heterocycles. The van der Waals surface area contributed by atoms with Crippen LogP contribution in [0.1, 0.15) is 35.7 Å². The number of nitrogens with zero attached hydrogens (tertiary/aromatic N) is 1. The maximum absolute atomic E-state index is 12.4. The van der Waals surface area contributed by atoms with Crippen molar-refractivity contribution in [1.82, 2.24) is 10.6 Å². The first-order chi connectivity index (χ1) is 13.7. The van der Waals surface area contributed by atoms with Crippen molar-refractivity contribution in [2.75, 3.05) is 31.1 Å². The number of anilines is 1. The van der Waals surface area contributed by atoms with Crippen molar-refractivity contribution in [1.29, 1.82) is 0 Å². The van der Waals surface area contributed by atoms with Crippen molar-refractivity contribution in [2.24, 2.45) is 5.92 Å². The molecule has 2 aromatic carbocycles. The van der Waals surface area contributed by atoms with Crippen LogP contribution in [0.4, 0.5) is 5.69 Å². The first-order valence-electron chi connectivity index (χ1n) is 10.2. The SMILES string of the molecule is CC#CN1CCc2cc(-c3ccc(C(=O)NCC4CCCNC4)cc3)ccc21. The molecule has 2 N–H and O–H groups in total. The van der Waals surface area contributed by atoms with E-state index in [0.29, 0.717) is 5.92 Å². The molecule has 2 aromatic rings. The molecule has 1 amide bonds. The van der Waals surface area contributed by atoms with Crippen LogP contribution in [-0.2, 0) is 6.42 Å². The lowest BCUT2D eigenvalue weighted by atomic mass is 9.99. The summed E-state index contributed by atoms with van der Waals surface area (Å²) < 4.78 is 0. The van der Waals surface area contributed by atoms with Gasteiger partial charge in [0.2, 0.25) is 0 Å². The average molecular weight is 374 g/mol. The summed E-state index contributed by atoms with van der Waals surface area (Å²) in [5.74, 6) is 3.54. The minimum Gasteiger partial charge on any atom is -0.352 e. The van der Waals surface area contributed by atoms with Crippen LogP contribution >= 0.6 is 0 Å². The summed E-state index contributed by atoms with van der Waals surface area (Å²) in [6.45, 7) is 5.67. The van der Waals surface area contributed by atoms with E-state index in [2.05, 4.69) is 45.7 Å². The van der Waals surface area contributed by atoms with Crippen molar-refractivity contribution >= 4 is 11.6 Å². The zero-order chi connectivity index (χ0) is 19.3. The van der Waals surface area contributed by atoms with Crippen molar-refractivity contribution in [2.45, 2.75) is 26.2 Å². The molecule has 2 aliphatic rings. The van der Waals surface area contributed by atoms with E-state index < -0.39 is 0 Å². The van der Waals surface area contributed by atoms with Gasteiger partial charge in [-0.25, -0.2) is 0 Å². The summed E-state index contributed by atoms with van der Waals surface area (Å²) in [5.41, 5.74) is 5.59. The van der Waals surface area contributed by atoms with Gasteiger partial charge in [-0.3, -0.25) is 4.79 Å². The highest BCUT2D eigenvalue weighted by Crippen LogP contribution is 2.32. The summed E-state index contributed by atoms with van der Waals surface area (Å²) in [4.78, 5) is 14.6. The largest absolute Gasteiger partial charge is 0.352 e. The maximum atomic E-state index is 12.4. The fourth-order valence-corrected chi connectivity index (χ4v) is 4.08. The standard InChI is InChI=1S/C24H27N3O/c1-2-13-27-14-11-22-15-21(9-10-23(22)27)19-5-7-20(8-6-19)24(28)26-17-18-4-3-12-25-16-18/h5-10,15,18,25H,3-4,11-12,14,16-17H2,1H3,(H,26,28). The van der Waals surface area contributed by atoms with Gasteiger partial charge >= 0.3 is 0 Å². The Bertz CT molecular complexity index is 902. The maximum Gasteiger partial charge on any atom is 0.251 e. The molecule has 0 spiro atoms. The molecule has 4 nitrogen and oxygen atoms in total. The van der Waals surface area contributed by atoms with Gasteiger partial charge in [0.05, 0.1) is 5.69 Å². The molecule has 1 fully saturated rings. The number of hydrogen-bond acceptors (Lipinski definition) is 3. The number of amides is 1. The molecule has 4 rings (SSSR count). The van der Waals surface area contributed by atoms with Gasteiger partial charge in [0.25, 0.3) is 5.91 Å². The third-order valence-electron chi connectivity index (χ3n) is 5.65. The van der Waals surface area contributed by atoms with Crippen LogP contribution in [0.15, 0.2) is 42.5 Å². The number of rotatable bonds is 4. The fourth-order valence-electron chi connectivity index (χ4n) is 4.08. The number of hydrogen-bond donors (Lipinski definition) is 2. The van der Waals surface area contributed by atoms with E-state index in [-0.39, 0.29) is 5.91 Å². The van der Waals surface area contributed by atoms with E-state index >= 15 is 0 Å². The van der Waals surface area contributed by atoms with E-state index in [1.807, 2.05) is 31.2 Å². The molecular weight excluding hydrogens is 346 g/mol. The molecule has 0 saturated carbocycles. The van der Waals surface area contributed by atoms with Crippen molar-refractivity contribution in [3.63, 3.8) is 0 Å². The van der Waals surface area contributed by atoms with Gasteiger partial charge < -0.3 is 15.5 Å². The quantitative estimate of drug-likeness (QED) is 0.807. The van der Waals surface area contributed by atoms with E-state index in [9.17, 15) is 4.79 Å². The molecule has 1 atom stereocenters. The second-order valence-corrected chi connectivity index (χ2v) is 7.61. The summed E-state index contributed by atoms with van der Waals surface area (Å²) in [5, 5.41) is 6.47. The summed E-state index contributed by atoms with van der Waals surface area (Å²) in [7, 11) is 0. The van der Waals surface area contributed by atoms with Gasteiger partial charge in [0, 0.05) is 24.7 Å². The first kappa shape index (κ1) is 18.6. The van der Waals surface area contributed by atoms with Gasteiger partial charge in [-0.15, -0.1) is 0 Å². The molecule has 0 radical (unpaired) electrons. The second-order valence-electron chi connectivity index (χ2n) is 7.61. The molecule has 1 unspecified atom stereocenters. The Labute approximate surface area is 167 Å². The average Bonchev–Trinajstić information content (AvgIpc) is 3.15. The number of fused-ring (bicyclic) bond motifs is 1. The second kappa shape index (κ2) is 8.50. The topological polar surface area (TPSA) is 44.4 Å². The smallest absolute Gasteiger partial charge is 0.251 e. The van der Waals surface area contributed by atoms with Crippen LogP contribution in [0, 0.1) is 17.9 Å². The molecule has 0 bridgehead atoms. The van der Waals surface area contributed by atoms with Crippen molar-refractivity contribution in [3.05, 3.63) is 53.6 Å². The summed E-state index contributed by atoms with van der Waals surface area (Å²) in [6, 6.07) is 17.6. The van der Waals surface area contributed by atoms with Gasteiger partial charge in [0.15, 0.2) is 0 Å². The Morgan fingerprint density at radius 3 is 2.79 bits per heavy atom. The van der Waals surface area contributed by atoms with Crippen LogP contribution in [0.3, 0.4) is 0 Å².